The van der Waals surface area contributed by atoms with Crippen LogP contribution in [0.5, 0.6) is 11.5 Å². The molecule has 3 aromatic rings. The highest BCUT2D eigenvalue weighted by Crippen LogP contribution is 2.29. The summed E-state index contributed by atoms with van der Waals surface area (Å²) >= 11 is 5.90. The number of anilines is 2. The molecule has 0 heterocycles. The van der Waals surface area contributed by atoms with Crippen molar-refractivity contribution in [2.75, 3.05) is 22.9 Å². The van der Waals surface area contributed by atoms with Crippen LogP contribution >= 0.6 is 11.6 Å². The van der Waals surface area contributed by atoms with Gasteiger partial charge in [0.05, 0.1) is 12.9 Å². The maximum Gasteiger partial charge on any atom is 0.255 e. The fourth-order valence-electron chi connectivity index (χ4n) is 2.99. The smallest absolute Gasteiger partial charge is 0.255 e. The zero-order chi connectivity index (χ0) is 23.8. The van der Waals surface area contributed by atoms with Crippen LogP contribution in [0.15, 0.2) is 66.7 Å². The van der Waals surface area contributed by atoms with Crippen LogP contribution in [0.25, 0.3) is 0 Å². The van der Waals surface area contributed by atoms with E-state index in [0.717, 1.165) is 5.56 Å². The van der Waals surface area contributed by atoms with Gasteiger partial charge in [-0.3, -0.25) is 9.52 Å². The fraction of sp³-hybridized carbons (Fsp3) is 0.208. The van der Waals surface area contributed by atoms with Crippen LogP contribution in [0.1, 0.15) is 29.3 Å². The third-order valence-electron chi connectivity index (χ3n) is 4.62. The standard InChI is InChI=1S/C24H25ClN2O5S/c1-3-14-33(29,30)27-21-11-9-20(10-12-21)26-24(28)18-6-13-22(23(15-18)31-2)32-16-17-4-7-19(25)8-5-17/h4-13,15,27H,3,14,16H2,1-2H3,(H,26,28). The Morgan fingerprint density at radius 2 is 1.61 bits per heavy atom. The highest BCUT2D eigenvalue weighted by Gasteiger charge is 2.13. The van der Waals surface area contributed by atoms with Crippen LogP contribution in [0.3, 0.4) is 0 Å². The topological polar surface area (TPSA) is 93.7 Å². The molecule has 0 aliphatic heterocycles. The Morgan fingerprint density at radius 3 is 2.24 bits per heavy atom. The zero-order valence-electron chi connectivity index (χ0n) is 18.3. The molecule has 0 fully saturated rings. The van der Waals surface area contributed by atoms with E-state index in [1.54, 1.807) is 61.5 Å². The number of rotatable bonds is 10. The summed E-state index contributed by atoms with van der Waals surface area (Å²) in [6.45, 7) is 2.12. The minimum Gasteiger partial charge on any atom is -0.493 e. The van der Waals surface area contributed by atoms with Gasteiger partial charge >= 0.3 is 0 Å². The van der Waals surface area contributed by atoms with E-state index in [9.17, 15) is 13.2 Å². The fourth-order valence-corrected chi connectivity index (χ4v) is 4.25. The molecule has 3 aromatic carbocycles. The van der Waals surface area contributed by atoms with Crippen LogP contribution in [0.2, 0.25) is 5.02 Å². The number of carbonyl (C=O) groups is 1. The Morgan fingerprint density at radius 1 is 0.939 bits per heavy atom. The number of hydrogen-bond donors (Lipinski definition) is 2. The van der Waals surface area contributed by atoms with Crippen molar-refractivity contribution in [3.63, 3.8) is 0 Å². The number of ether oxygens (including phenoxy) is 2. The van der Waals surface area contributed by atoms with Crippen molar-refractivity contribution in [3.05, 3.63) is 82.9 Å². The van der Waals surface area contributed by atoms with Crippen molar-refractivity contribution in [3.8, 4) is 11.5 Å². The molecule has 0 aromatic heterocycles. The normalized spacial score (nSPS) is 11.0. The third kappa shape index (κ3) is 7.13. The molecule has 0 spiro atoms. The van der Waals surface area contributed by atoms with Crippen LogP contribution in [0, 0.1) is 0 Å². The lowest BCUT2D eigenvalue weighted by Crippen LogP contribution is -2.16. The molecule has 0 saturated heterocycles. The second-order valence-corrected chi connectivity index (χ2v) is 9.51. The minimum atomic E-state index is -3.37. The lowest BCUT2D eigenvalue weighted by Gasteiger charge is -2.13. The summed E-state index contributed by atoms with van der Waals surface area (Å²) < 4.78 is 37.4. The molecule has 7 nitrogen and oxygen atoms in total. The molecule has 0 radical (unpaired) electrons. The first-order chi connectivity index (χ1) is 15.8. The number of benzene rings is 3. The van der Waals surface area contributed by atoms with E-state index in [2.05, 4.69) is 10.0 Å². The lowest BCUT2D eigenvalue weighted by atomic mass is 10.1. The number of hydrogen-bond acceptors (Lipinski definition) is 5. The van der Waals surface area contributed by atoms with Crippen LogP contribution in [-0.4, -0.2) is 27.2 Å². The van der Waals surface area contributed by atoms with Gasteiger partial charge in [0.15, 0.2) is 11.5 Å². The maximum absolute atomic E-state index is 12.7. The molecule has 0 atom stereocenters. The van der Waals surface area contributed by atoms with Crippen molar-refractivity contribution < 1.29 is 22.7 Å². The Bertz CT molecular complexity index is 1200. The molecule has 2 N–H and O–H groups in total. The van der Waals surface area contributed by atoms with Gasteiger partial charge in [0.25, 0.3) is 5.91 Å². The molecule has 1 amide bonds. The third-order valence-corrected chi connectivity index (χ3v) is 6.37. The van der Waals surface area contributed by atoms with Crippen molar-refractivity contribution in [2.45, 2.75) is 20.0 Å². The van der Waals surface area contributed by atoms with Gasteiger partial charge < -0.3 is 14.8 Å². The minimum absolute atomic E-state index is 0.0483. The van der Waals surface area contributed by atoms with Crippen molar-refractivity contribution in [1.29, 1.82) is 0 Å². The highest BCUT2D eigenvalue weighted by molar-refractivity contribution is 7.92. The van der Waals surface area contributed by atoms with E-state index in [1.807, 2.05) is 12.1 Å². The molecular weight excluding hydrogens is 464 g/mol. The Hall–Kier alpha value is -3.23. The van der Waals surface area contributed by atoms with E-state index in [-0.39, 0.29) is 11.7 Å². The molecule has 0 bridgehead atoms. The SMILES string of the molecule is CCCS(=O)(=O)Nc1ccc(NC(=O)c2ccc(OCc3ccc(Cl)cc3)c(OC)c2)cc1. The summed E-state index contributed by atoms with van der Waals surface area (Å²) in [6.07, 6.45) is 0.526. The van der Waals surface area contributed by atoms with Crippen LogP contribution in [0.4, 0.5) is 11.4 Å². The number of halogens is 1. The summed E-state index contributed by atoms with van der Waals surface area (Å²) in [5, 5.41) is 3.43. The van der Waals surface area contributed by atoms with E-state index in [0.29, 0.717) is 46.5 Å². The van der Waals surface area contributed by atoms with Crippen LogP contribution < -0.4 is 19.5 Å². The largest absolute Gasteiger partial charge is 0.493 e. The van der Waals surface area contributed by atoms with E-state index < -0.39 is 10.0 Å². The molecule has 174 valence electrons. The first-order valence-corrected chi connectivity index (χ1v) is 12.3. The summed E-state index contributed by atoms with van der Waals surface area (Å²) in [7, 11) is -1.86. The molecule has 9 heteroatoms. The monoisotopic (exact) mass is 488 g/mol. The zero-order valence-corrected chi connectivity index (χ0v) is 19.9. The average molecular weight is 489 g/mol. The molecular formula is C24H25ClN2O5S. The summed E-state index contributed by atoms with van der Waals surface area (Å²) in [4.78, 5) is 12.7. The Labute approximate surface area is 198 Å². The van der Waals surface area contributed by atoms with Crippen molar-refractivity contribution >= 4 is 38.9 Å². The number of carbonyl (C=O) groups excluding carboxylic acids is 1. The van der Waals surface area contributed by atoms with Crippen molar-refractivity contribution in [1.82, 2.24) is 0 Å². The Balaban J connectivity index is 1.64. The lowest BCUT2D eigenvalue weighted by molar-refractivity contribution is 0.102. The van der Waals surface area contributed by atoms with Crippen molar-refractivity contribution in [2.24, 2.45) is 0 Å². The Kier molecular flexibility index (Phi) is 8.19. The second-order valence-electron chi connectivity index (χ2n) is 7.23. The summed E-state index contributed by atoms with van der Waals surface area (Å²) in [5.41, 5.74) is 2.30. The van der Waals surface area contributed by atoms with Gasteiger partial charge in [-0.25, -0.2) is 8.42 Å². The van der Waals surface area contributed by atoms with Gasteiger partial charge in [0.2, 0.25) is 10.0 Å². The van der Waals surface area contributed by atoms with Gasteiger partial charge in [-0.1, -0.05) is 30.7 Å². The average Bonchev–Trinajstić information content (AvgIpc) is 2.79. The summed E-state index contributed by atoms with van der Waals surface area (Å²) in [5.74, 6) is 0.647. The van der Waals surface area contributed by atoms with Gasteiger partial charge in [0, 0.05) is 22.0 Å². The quantitative estimate of drug-likeness (QED) is 0.402. The van der Waals surface area contributed by atoms with E-state index in [1.165, 1.54) is 7.11 Å². The molecule has 0 unspecified atom stereocenters. The predicted molar refractivity (Wildman–Crippen MR) is 131 cm³/mol. The predicted octanol–water partition coefficient (Wildman–Crippen LogP) is 5.33. The number of methoxy groups -OCH3 is 1. The maximum atomic E-state index is 12.7. The first-order valence-electron chi connectivity index (χ1n) is 10.3. The van der Waals surface area contributed by atoms with Gasteiger partial charge in [-0.05, 0) is 66.6 Å². The molecule has 3 rings (SSSR count). The van der Waals surface area contributed by atoms with Crippen LogP contribution in [-0.2, 0) is 16.6 Å². The van der Waals surface area contributed by atoms with Gasteiger partial charge in [0.1, 0.15) is 6.61 Å². The number of nitrogens with one attached hydrogen (secondary N) is 2. The van der Waals surface area contributed by atoms with Gasteiger partial charge in [-0.15, -0.1) is 0 Å². The number of sulfonamides is 1. The van der Waals surface area contributed by atoms with E-state index >= 15 is 0 Å². The van der Waals surface area contributed by atoms with Gasteiger partial charge in [-0.2, -0.15) is 0 Å². The van der Waals surface area contributed by atoms with E-state index in [4.69, 9.17) is 21.1 Å². The molecule has 0 aliphatic carbocycles. The molecule has 33 heavy (non-hydrogen) atoms. The molecule has 0 aliphatic rings. The highest BCUT2D eigenvalue weighted by atomic mass is 35.5. The first kappa shape index (κ1) is 24.4. The molecule has 0 saturated carbocycles. The second kappa shape index (κ2) is 11.1. The number of amides is 1. The summed E-state index contributed by atoms with van der Waals surface area (Å²) in [6, 6.07) is 18.7.